The lowest BCUT2D eigenvalue weighted by molar-refractivity contribution is -0.0300. The summed E-state index contributed by atoms with van der Waals surface area (Å²) >= 11 is 0. The molecule has 4 amide bonds. The van der Waals surface area contributed by atoms with Crippen molar-refractivity contribution in [3.8, 4) is 11.5 Å². The molecule has 0 atom stereocenters. The number of amides is 4. The van der Waals surface area contributed by atoms with Crippen LogP contribution < -0.4 is 19.3 Å². The van der Waals surface area contributed by atoms with Gasteiger partial charge in [0.2, 0.25) is 0 Å². The summed E-state index contributed by atoms with van der Waals surface area (Å²) in [7, 11) is 0. The predicted molar refractivity (Wildman–Crippen MR) is 223 cm³/mol. The Morgan fingerprint density at radius 1 is 0.500 bits per heavy atom. The second-order valence-electron chi connectivity index (χ2n) is 17.1. The highest BCUT2D eigenvalue weighted by molar-refractivity contribution is 6.36. The van der Waals surface area contributed by atoms with E-state index in [1.807, 2.05) is 111 Å². The summed E-state index contributed by atoms with van der Waals surface area (Å²) in [5.74, 6) is 1.15. The van der Waals surface area contributed by atoms with E-state index in [0.29, 0.717) is 58.7 Å². The van der Waals surface area contributed by atoms with E-state index in [0.717, 1.165) is 82.7 Å². The number of hydrogen-bond acceptors (Lipinski definition) is 6. The van der Waals surface area contributed by atoms with Crippen LogP contribution in [0.25, 0.3) is 21.5 Å². The van der Waals surface area contributed by atoms with Gasteiger partial charge in [-0.25, -0.2) is 9.80 Å². The molecule has 8 nitrogen and oxygen atoms in total. The third kappa shape index (κ3) is 4.99. The first-order valence-corrected chi connectivity index (χ1v) is 20.6. The van der Waals surface area contributed by atoms with Crippen molar-refractivity contribution in [2.24, 2.45) is 11.8 Å². The zero-order valence-electron chi connectivity index (χ0n) is 32.5. The van der Waals surface area contributed by atoms with Crippen LogP contribution in [-0.4, -0.2) is 36.8 Å². The number of rotatable bonds is 8. The molecule has 6 aliphatic rings. The number of anilines is 2. The van der Waals surface area contributed by atoms with Crippen LogP contribution in [0, 0.1) is 11.8 Å². The van der Waals surface area contributed by atoms with E-state index in [2.05, 4.69) is 12.1 Å². The lowest BCUT2D eigenvalue weighted by Crippen LogP contribution is -2.56. The Hall–Kier alpha value is -6.28. The molecule has 12 rings (SSSR count). The number of hydrogen-bond donors (Lipinski definition) is 0. The van der Waals surface area contributed by atoms with Crippen molar-refractivity contribution in [2.45, 2.75) is 63.2 Å². The van der Waals surface area contributed by atoms with Crippen molar-refractivity contribution < 1.29 is 28.7 Å². The highest BCUT2D eigenvalue weighted by Gasteiger charge is 2.60. The van der Waals surface area contributed by atoms with Crippen molar-refractivity contribution >= 4 is 56.5 Å². The van der Waals surface area contributed by atoms with Crippen LogP contribution in [-0.2, 0) is 10.8 Å². The Labute approximate surface area is 336 Å². The molecule has 4 aliphatic carbocycles. The average Bonchev–Trinajstić information content (AvgIpc) is 3.61. The van der Waals surface area contributed by atoms with Crippen LogP contribution in [0.4, 0.5) is 11.4 Å². The van der Waals surface area contributed by atoms with Gasteiger partial charge in [-0.1, -0.05) is 48.5 Å². The van der Waals surface area contributed by atoms with Crippen LogP contribution >= 0.6 is 0 Å². The summed E-state index contributed by atoms with van der Waals surface area (Å²) in [4.78, 5) is 59.0. The fourth-order valence-electron chi connectivity index (χ4n) is 11.9. The zero-order valence-corrected chi connectivity index (χ0v) is 32.5. The Kier molecular flexibility index (Phi) is 7.59. The highest BCUT2D eigenvalue weighted by Crippen LogP contribution is 2.68. The molecule has 4 saturated carbocycles. The number of benzene rings is 6. The molecule has 0 unspecified atom stereocenters. The molecule has 0 spiro atoms. The van der Waals surface area contributed by atoms with Crippen LogP contribution in [0.3, 0.4) is 0 Å². The molecule has 2 aliphatic heterocycles. The Morgan fingerprint density at radius 2 is 0.845 bits per heavy atom. The van der Waals surface area contributed by atoms with E-state index in [1.54, 1.807) is 0 Å². The molecule has 58 heavy (non-hydrogen) atoms. The first-order chi connectivity index (χ1) is 28.2. The minimum Gasteiger partial charge on any atom is -0.494 e. The molecule has 2 heterocycles. The third-order valence-corrected chi connectivity index (χ3v) is 13.8. The first-order valence-electron chi connectivity index (χ1n) is 20.6. The first kappa shape index (κ1) is 34.9. The van der Waals surface area contributed by atoms with Crippen molar-refractivity contribution in [1.29, 1.82) is 0 Å². The van der Waals surface area contributed by atoms with Gasteiger partial charge in [-0.15, -0.1) is 0 Å². The predicted octanol–water partition coefficient (Wildman–Crippen LogP) is 10.2. The van der Waals surface area contributed by atoms with Gasteiger partial charge in [-0.2, -0.15) is 0 Å². The molecule has 288 valence electrons. The minimum absolute atomic E-state index is 0.299. The van der Waals surface area contributed by atoms with E-state index >= 15 is 0 Å². The molecule has 0 aromatic heterocycles. The molecule has 6 aromatic carbocycles. The van der Waals surface area contributed by atoms with Gasteiger partial charge in [-0.3, -0.25) is 19.2 Å². The second kappa shape index (κ2) is 12.6. The smallest absolute Gasteiger partial charge is 0.266 e. The number of ether oxygens (including phenoxy) is 2. The standard InChI is InChI=1S/C50H42N2O6/c1-3-57-43-15-13-35(51-45(53)37-18-31-9-5-6-10-32(31)19-38(37)46(51)54)22-41(43)49-24-29-17-30(25-49)27-50(26-29,28-49)42-23-36(14-16-44(42)58-4-2)52-47(55)39-20-33-11-7-8-12-34(33)21-40(39)48(52)56/h5-16,18-23,29-30H,3-4,17,24-28H2,1-2H3. The lowest BCUT2D eigenvalue weighted by Gasteiger charge is -2.63. The van der Waals surface area contributed by atoms with Crippen LogP contribution in [0.5, 0.6) is 11.5 Å². The van der Waals surface area contributed by atoms with E-state index < -0.39 is 0 Å². The van der Waals surface area contributed by atoms with E-state index in [-0.39, 0.29) is 34.5 Å². The maximum absolute atomic E-state index is 14.1. The summed E-state index contributed by atoms with van der Waals surface area (Å²) in [5.41, 5.74) is 4.25. The number of carbonyl (C=O) groups excluding carboxylic acids is 4. The summed E-state index contributed by atoms with van der Waals surface area (Å²) in [5, 5.41) is 3.68. The largest absolute Gasteiger partial charge is 0.494 e. The normalized spacial score (nSPS) is 24.3. The van der Waals surface area contributed by atoms with Gasteiger partial charge in [0.15, 0.2) is 0 Å². The number of nitrogens with zero attached hydrogens (tertiary/aromatic N) is 2. The lowest BCUT2D eigenvalue weighted by atomic mass is 9.41. The van der Waals surface area contributed by atoms with Gasteiger partial charge in [0.05, 0.1) is 46.8 Å². The van der Waals surface area contributed by atoms with Gasteiger partial charge in [0.1, 0.15) is 11.5 Å². The maximum Gasteiger partial charge on any atom is 0.266 e. The molecular formula is C50H42N2O6. The Bertz CT molecular complexity index is 2500. The summed E-state index contributed by atoms with van der Waals surface area (Å²) in [6.07, 6.45) is 5.82. The quantitative estimate of drug-likeness (QED) is 0.143. The van der Waals surface area contributed by atoms with Crippen LogP contribution in [0.2, 0.25) is 0 Å². The van der Waals surface area contributed by atoms with E-state index in [9.17, 15) is 19.2 Å². The van der Waals surface area contributed by atoms with E-state index in [1.165, 1.54) is 9.80 Å². The molecule has 0 saturated heterocycles. The zero-order chi connectivity index (χ0) is 39.5. The summed E-state index contributed by atoms with van der Waals surface area (Å²) in [6, 6.07) is 34.6. The minimum atomic E-state index is -0.317. The topological polar surface area (TPSA) is 93.2 Å². The van der Waals surface area contributed by atoms with Crippen LogP contribution in [0.1, 0.15) is 105 Å². The van der Waals surface area contributed by atoms with Gasteiger partial charge >= 0.3 is 0 Å². The molecule has 4 bridgehead atoms. The number of carbonyl (C=O) groups is 4. The molecule has 6 aromatic rings. The summed E-state index contributed by atoms with van der Waals surface area (Å²) < 4.78 is 12.8. The fraction of sp³-hybridized carbons (Fsp3) is 0.280. The van der Waals surface area contributed by atoms with Gasteiger partial charge < -0.3 is 9.47 Å². The fourth-order valence-corrected chi connectivity index (χ4v) is 11.9. The Balaban J connectivity index is 1.00. The van der Waals surface area contributed by atoms with Crippen molar-refractivity contribution in [3.05, 3.63) is 143 Å². The van der Waals surface area contributed by atoms with Gasteiger partial charge in [0, 0.05) is 22.0 Å². The van der Waals surface area contributed by atoms with Gasteiger partial charge in [0.25, 0.3) is 23.6 Å². The summed E-state index contributed by atoms with van der Waals surface area (Å²) in [6.45, 7) is 4.92. The van der Waals surface area contributed by atoms with Crippen LogP contribution in [0.15, 0.2) is 109 Å². The third-order valence-electron chi connectivity index (χ3n) is 13.8. The molecule has 4 fully saturated rings. The second-order valence-corrected chi connectivity index (χ2v) is 17.1. The Morgan fingerprint density at radius 3 is 1.17 bits per heavy atom. The average molecular weight is 767 g/mol. The highest BCUT2D eigenvalue weighted by atomic mass is 16.5. The van der Waals surface area contributed by atoms with Gasteiger partial charge in [-0.05, 0) is 146 Å². The molecular weight excluding hydrogens is 725 g/mol. The molecule has 0 N–H and O–H groups in total. The number of fused-ring (bicyclic) bond motifs is 4. The number of imide groups is 2. The van der Waals surface area contributed by atoms with E-state index in [4.69, 9.17) is 9.47 Å². The maximum atomic E-state index is 14.1. The molecule has 0 radical (unpaired) electrons. The monoisotopic (exact) mass is 766 g/mol. The van der Waals surface area contributed by atoms with Crippen molar-refractivity contribution in [3.63, 3.8) is 0 Å². The van der Waals surface area contributed by atoms with Crippen molar-refractivity contribution in [2.75, 3.05) is 23.0 Å². The molecule has 8 heteroatoms. The SMILES string of the molecule is CCOc1ccc(N2C(=O)c3cc4ccccc4cc3C2=O)cc1C12CC3CC(C1)CC(c1cc(N4C(=O)c5cc6ccccc6cc5C4=O)ccc1OCC)(C3)C2. The van der Waals surface area contributed by atoms with Crippen molar-refractivity contribution in [1.82, 2.24) is 0 Å².